The van der Waals surface area contributed by atoms with E-state index in [1.54, 1.807) is 4.90 Å². The molecule has 24 heavy (non-hydrogen) atoms. The van der Waals surface area contributed by atoms with Gasteiger partial charge in [0.15, 0.2) is 0 Å². The summed E-state index contributed by atoms with van der Waals surface area (Å²) in [5, 5.41) is 0. The molecule has 0 N–H and O–H groups in total. The fraction of sp³-hybridized carbons (Fsp3) is 0.600. The lowest BCUT2D eigenvalue weighted by Crippen LogP contribution is -2.53. The molecule has 1 aromatic heterocycles. The minimum absolute atomic E-state index is 0.154. The van der Waals surface area contributed by atoms with Crippen molar-refractivity contribution in [1.82, 2.24) is 14.8 Å². The summed E-state index contributed by atoms with van der Waals surface area (Å²) in [5.74, 6) is -6.81. The SMILES string of the molecule is CN1CCN(C(=O)C2CCCN2c2c(F)c(F)nc(F)c2F)CC1. The number of halogens is 4. The highest BCUT2D eigenvalue weighted by Gasteiger charge is 2.38. The number of carbonyl (C=O) groups excluding carboxylic acids is 1. The minimum Gasteiger partial charge on any atom is -0.354 e. The normalized spacial score (nSPS) is 22.3. The molecule has 0 saturated carbocycles. The Morgan fingerprint density at radius 2 is 1.58 bits per heavy atom. The van der Waals surface area contributed by atoms with Crippen molar-refractivity contribution in [2.75, 3.05) is 44.7 Å². The average molecular weight is 346 g/mol. The zero-order valence-electron chi connectivity index (χ0n) is 13.2. The maximum Gasteiger partial charge on any atom is 0.253 e. The predicted octanol–water partition coefficient (Wildman–Crippen LogP) is 1.38. The van der Waals surface area contributed by atoms with Gasteiger partial charge in [0.1, 0.15) is 11.7 Å². The lowest BCUT2D eigenvalue weighted by molar-refractivity contribution is -0.134. The number of nitrogens with zero attached hydrogens (tertiary/aromatic N) is 4. The lowest BCUT2D eigenvalue weighted by Gasteiger charge is -2.36. The van der Waals surface area contributed by atoms with Gasteiger partial charge in [-0.2, -0.15) is 22.5 Å². The molecule has 0 spiro atoms. The highest BCUT2D eigenvalue weighted by Crippen LogP contribution is 2.33. The van der Waals surface area contributed by atoms with E-state index in [9.17, 15) is 22.4 Å². The number of likely N-dealkylation sites (N-methyl/N-ethyl adjacent to an activating group) is 1. The van der Waals surface area contributed by atoms with Crippen LogP contribution in [0, 0.1) is 23.5 Å². The zero-order valence-corrected chi connectivity index (χ0v) is 13.2. The lowest BCUT2D eigenvalue weighted by atomic mass is 10.1. The van der Waals surface area contributed by atoms with E-state index >= 15 is 0 Å². The van der Waals surface area contributed by atoms with E-state index in [0.717, 1.165) is 4.90 Å². The Morgan fingerprint density at radius 3 is 2.17 bits per heavy atom. The van der Waals surface area contributed by atoms with Crippen LogP contribution in [0.15, 0.2) is 0 Å². The smallest absolute Gasteiger partial charge is 0.253 e. The van der Waals surface area contributed by atoms with Crippen molar-refractivity contribution < 1.29 is 22.4 Å². The third-order valence-electron chi connectivity index (χ3n) is 4.61. The molecule has 3 rings (SSSR count). The quantitative estimate of drug-likeness (QED) is 0.599. The topological polar surface area (TPSA) is 39.7 Å². The Balaban J connectivity index is 1.88. The third-order valence-corrected chi connectivity index (χ3v) is 4.61. The third kappa shape index (κ3) is 2.92. The summed E-state index contributed by atoms with van der Waals surface area (Å²) in [7, 11) is 1.94. The molecule has 1 aromatic rings. The van der Waals surface area contributed by atoms with E-state index in [-0.39, 0.29) is 12.5 Å². The zero-order chi connectivity index (χ0) is 17.4. The van der Waals surface area contributed by atoms with Crippen molar-refractivity contribution in [2.45, 2.75) is 18.9 Å². The first kappa shape index (κ1) is 16.9. The van der Waals surface area contributed by atoms with Gasteiger partial charge in [0, 0.05) is 32.7 Å². The number of pyridine rings is 1. The predicted molar refractivity (Wildman–Crippen MR) is 78.5 cm³/mol. The molecule has 5 nitrogen and oxygen atoms in total. The molecular formula is C15H18F4N4O. The maximum absolute atomic E-state index is 14.0. The largest absolute Gasteiger partial charge is 0.354 e. The highest BCUT2D eigenvalue weighted by atomic mass is 19.2. The number of aromatic nitrogens is 1. The summed E-state index contributed by atoms with van der Waals surface area (Å²) in [6, 6.07) is -0.821. The molecule has 1 unspecified atom stereocenters. The van der Waals surface area contributed by atoms with Gasteiger partial charge in [-0.05, 0) is 19.9 Å². The van der Waals surface area contributed by atoms with Crippen LogP contribution in [0.2, 0.25) is 0 Å². The van der Waals surface area contributed by atoms with Crippen molar-refractivity contribution in [3.8, 4) is 0 Å². The van der Waals surface area contributed by atoms with Crippen molar-refractivity contribution in [3.05, 3.63) is 23.5 Å². The fourth-order valence-corrected chi connectivity index (χ4v) is 3.26. The Morgan fingerprint density at radius 1 is 1.00 bits per heavy atom. The van der Waals surface area contributed by atoms with E-state index in [0.29, 0.717) is 39.0 Å². The van der Waals surface area contributed by atoms with Crippen LogP contribution in [-0.2, 0) is 4.79 Å². The highest BCUT2D eigenvalue weighted by molar-refractivity contribution is 5.86. The van der Waals surface area contributed by atoms with Crippen LogP contribution in [0.5, 0.6) is 0 Å². The fourth-order valence-electron chi connectivity index (χ4n) is 3.26. The number of rotatable bonds is 2. The first-order chi connectivity index (χ1) is 11.4. The molecule has 1 atom stereocenters. The Hall–Kier alpha value is -1.90. The summed E-state index contributed by atoms with van der Waals surface area (Å²) in [4.78, 5) is 20.1. The average Bonchev–Trinajstić information content (AvgIpc) is 3.02. The summed E-state index contributed by atoms with van der Waals surface area (Å²) in [5.41, 5.74) is -0.843. The molecule has 2 aliphatic rings. The van der Waals surface area contributed by atoms with Crippen LogP contribution in [0.25, 0.3) is 0 Å². The molecule has 2 fully saturated rings. The maximum atomic E-state index is 14.0. The van der Waals surface area contributed by atoms with E-state index < -0.39 is 35.3 Å². The van der Waals surface area contributed by atoms with Crippen molar-refractivity contribution in [3.63, 3.8) is 0 Å². The molecule has 0 aliphatic carbocycles. The molecule has 3 heterocycles. The second-order valence-electron chi connectivity index (χ2n) is 6.15. The van der Waals surface area contributed by atoms with Gasteiger partial charge < -0.3 is 14.7 Å². The van der Waals surface area contributed by atoms with Gasteiger partial charge in [-0.3, -0.25) is 4.79 Å². The number of hydrogen-bond acceptors (Lipinski definition) is 4. The van der Waals surface area contributed by atoms with E-state index in [1.807, 2.05) is 7.05 Å². The second kappa shape index (κ2) is 6.54. The van der Waals surface area contributed by atoms with Crippen LogP contribution in [0.1, 0.15) is 12.8 Å². The van der Waals surface area contributed by atoms with Crippen LogP contribution in [0.4, 0.5) is 23.2 Å². The van der Waals surface area contributed by atoms with E-state index in [1.165, 1.54) is 0 Å². The van der Waals surface area contributed by atoms with Gasteiger partial charge in [0.2, 0.25) is 17.5 Å². The molecule has 9 heteroatoms. The molecule has 0 aromatic carbocycles. The minimum atomic E-state index is -1.71. The standard InChI is InChI=1S/C15H18F4N4O/c1-21-5-7-22(8-6-21)15(24)9-3-2-4-23(9)12-10(16)13(18)20-14(19)11(12)17/h9H,2-8H2,1H3. The summed E-state index contributed by atoms with van der Waals surface area (Å²) >= 11 is 0. The van der Waals surface area contributed by atoms with Gasteiger partial charge in [-0.25, -0.2) is 0 Å². The van der Waals surface area contributed by atoms with Gasteiger partial charge in [-0.1, -0.05) is 0 Å². The van der Waals surface area contributed by atoms with Crippen LogP contribution >= 0.6 is 0 Å². The van der Waals surface area contributed by atoms with Gasteiger partial charge in [0.05, 0.1) is 0 Å². The molecule has 0 radical (unpaired) electrons. The number of amides is 1. The number of anilines is 1. The summed E-state index contributed by atoms with van der Waals surface area (Å²) in [6.07, 6.45) is 0.893. The van der Waals surface area contributed by atoms with Crippen molar-refractivity contribution >= 4 is 11.6 Å². The van der Waals surface area contributed by atoms with Gasteiger partial charge >= 0.3 is 0 Å². The molecule has 1 amide bonds. The van der Waals surface area contributed by atoms with E-state index in [2.05, 4.69) is 9.88 Å². The second-order valence-corrected chi connectivity index (χ2v) is 6.15. The molecule has 132 valence electrons. The van der Waals surface area contributed by atoms with E-state index in [4.69, 9.17) is 0 Å². The Kier molecular flexibility index (Phi) is 4.62. The Labute approximate surface area is 136 Å². The summed E-state index contributed by atoms with van der Waals surface area (Å²) in [6.45, 7) is 2.60. The van der Waals surface area contributed by atoms with Crippen molar-refractivity contribution in [2.24, 2.45) is 0 Å². The molecule has 2 aliphatic heterocycles. The number of carbonyl (C=O) groups is 1. The van der Waals surface area contributed by atoms with Crippen LogP contribution < -0.4 is 4.90 Å². The summed E-state index contributed by atoms with van der Waals surface area (Å²) < 4.78 is 54.8. The first-order valence-electron chi connectivity index (χ1n) is 7.84. The van der Waals surface area contributed by atoms with Gasteiger partial charge in [-0.15, -0.1) is 0 Å². The van der Waals surface area contributed by atoms with Crippen molar-refractivity contribution in [1.29, 1.82) is 0 Å². The first-order valence-corrected chi connectivity index (χ1v) is 7.84. The van der Waals surface area contributed by atoms with Crippen LogP contribution in [0.3, 0.4) is 0 Å². The Bertz CT molecular complexity index is 623. The molecule has 2 saturated heterocycles. The number of hydrogen-bond donors (Lipinski definition) is 0. The molecule has 0 bridgehead atoms. The van der Waals surface area contributed by atoms with Crippen LogP contribution in [-0.4, -0.2) is 66.5 Å². The number of piperazine rings is 1. The molecular weight excluding hydrogens is 328 g/mol. The van der Waals surface area contributed by atoms with Gasteiger partial charge in [0.25, 0.3) is 11.9 Å². The monoisotopic (exact) mass is 346 g/mol.